The van der Waals surface area contributed by atoms with Crippen molar-refractivity contribution in [2.75, 3.05) is 19.5 Å². The van der Waals surface area contributed by atoms with Gasteiger partial charge in [-0.05, 0) is 12.1 Å². The zero-order valence-corrected chi connectivity index (χ0v) is 19.3. The summed E-state index contributed by atoms with van der Waals surface area (Å²) >= 11 is 1.25. The number of rotatable bonds is 3. The molecule has 170 valence electrons. The summed E-state index contributed by atoms with van der Waals surface area (Å²) in [7, 11) is 3.48. The van der Waals surface area contributed by atoms with Gasteiger partial charge in [0.05, 0.1) is 6.26 Å². The minimum atomic E-state index is -1.18. The minimum Gasteiger partial charge on any atom is -0.465 e. The molecule has 9 heteroatoms. The van der Waals surface area contributed by atoms with Crippen LogP contribution in [0.5, 0.6) is 0 Å². The lowest BCUT2D eigenvalue weighted by atomic mass is 9.80. The Morgan fingerprint density at radius 1 is 0.912 bits per heavy atom. The maximum Gasteiger partial charge on any atom is 0.324 e. The number of furan rings is 1. The van der Waals surface area contributed by atoms with E-state index in [0.717, 1.165) is 11.1 Å². The largest absolute Gasteiger partial charge is 0.465 e. The molecule has 0 unspecified atom stereocenters. The van der Waals surface area contributed by atoms with Gasteiger partial charge in [-0.25, -0.2) is 9.79 Å². The molecule has 2 aliphatic heterocycles. The molecule has 0 aliphatic carbocycles. The van der Waals surface area contributed by atoms with Crippen molar-refractivity contribution in [3.8, 4) is 0 Å². The van der Waals surface area contributed by atoms with Crippen LogP contribution in [0.3, 0.4) is 0 Å². The van der Waals surface area contributed by atoms with E-state index in [4.69, 9.17) is 9.41 Å². The van der Waals surface area contributed by atoms with Crippen LogP contribution >= 0.6 is 11.3 Å². The van der Waals surface area contributed by atoms with E-state index in [-0.39, 0.29) is 11.6 Å². The summed E-state index contributed by atoms with van der Waals surface area (Å²) in [5.41, 5.74) is 2.48. The molecule has 2 aromatic heterocycles. The van der Waals surface area contributed by atoms with Crippen LogP contribution in [0.15, 0.2) is 93.3 Å². The van der Waals surface area contributed by atoms with Gasteiger partial charge in [0.1, 0.15) is 10.3 Å². The molecule has 8 nitrogen and oxygen atoms in total. The number of carbonyl (C=O) groups excluding carboxylic acids is 1. The number of fused-ring (bicyclic) bond motifs is 2. The fraction of sp³-hybridized carbons (Fsp3) is 0.160. The quantitative estimate of drug-likeness (QED) is 0.497. The number of hydrogen-bond acceptors (Lipinski definition) is 6. The Labute approximate surface area is 198 Å². The van der Waals surface area contributed by atoms with Crippen molar-refractivity contribution < 1.29 is 9.21 Å². The van der Waals surface area contributed by atoms with E-state index in [0.29, 0.717) is 15.1 Å². The lowest BCUT2D eigenvalue weighted by Gasteiger charge is -2.49. The lowest BCUT2D eigenvalue weighted by molar-refractivity contribution is 0.0648. The number of benzene rings is 2. The van der Waals surface area contributed by atoms with Gasteiger partial charge in [-0.3, -0.25) is 20.0 Å². The standard InChI is InChI=1S/C25H21N5O3S/c1-28-23(32)29(2)25(18-12-7-4-8-13-18)24(28,17-10-5-3-6-11-17)26-22-30(27-25)21(31)20(34-22)16-19-14-9-15-33-19/h3-16,27H,1-2H3/b20-16+/t24-,25-/m1/s1. The molecule has 2 atom stereocenters. The second-order valence-electron chi connectivity index (χ2n) is 8.29. The molecule has 2 aromatic carbocycles. The van der Waals surface area contributed by atoms with Crippen molar-refractivity contribution >= 4 is 23.4 Å². The van der Waals surface area contributed by atoms with Gasteiger partial charge in [0.2, 0.25) is 16.1 Å². The highest BCUT2D eigenvalue weighted by Gasteiger charge is 2.69. The van der Waals surface area contributed by atoms with Crippen LogP contribution in [0.4, 0.5) is 4.79 Å². The Balaban J connectivity index is 1.74. The molecule has 0 radical (unpaired) electrons. The first-order valence-corrected chi connectivity index (χ1v) is 11.6. The number of nitrogens with zero attached hydrogens (tertiary/aromatic N) is 4. The zero-order valence-electron chi connectivity index (χ0n) is 18.5. The van der Waals surface area contributed by atoms with Crippen LogP contribution in [0.25, 0.3) is 6.08 Å². The third-order valence-corrected chi connectivity index (χ3v) is 7.56. The number of nitrogens with one attached hydrogen (secondary N) is 1. The Morgan fingerprint density at radius 2 is 1.59 bits per heavy atom. The van der Waals surface area contributed by atoms with Gasteiger partial charge in [0.25, 0.3) is 5.56 Å². The van der Waals surface area contributed by atoms with Crippen LogP contribution in [0, 0.1) is 0 Å². The molecule has 34 heavy (non-hydrogen) atoms. The number of carbonyl (C=O) groups is 1. The van der Waals surface area contributed by atoms with E-state index < -0.39 is 11.3 Å². The predicted octanol–water partition coefficient (Wildman–Crippen LogP) is 2.21. The molecule has 2 amide bonds. The maximum absolute atomic E-state index is 13.5. The topological polar surface area (TPSA) is 83.1 Å². The van der Waals surface area contributed by atoms with Crippen LogP contribution in [-0.2, 0) is 11.3 Å². The van der Waals surface area contributed by atoms with Gasteiger partial charge in [0.15, 0.2) is 0 Å². The first-order chi connectivity index (χ1) is 16.5. The van der Waals surface area contributed by atoms with Crippen molar-refractivity contribution in [2.24, 2.45) is 4.99 Å². The lowest BCUT2D eigenvalue weighted by Crippen LogP contribution is -2.67. The number of likely N-dealkylation sites (N-methyl/N-ethyl adjacent to an activating group) is 2. The summed E-state index contributed by atoms with van der Waals surface area (Å²) in [5, 5.41) is 0. The molecular weight excluding hydrogens is 450 g/mol. The van der Waals surface area contributed by atoms with Crippen molar-refractivity contribution in [1.29, 1.82) is 0 Å². The van der Waals surface area contributed by atoms with E-state index in [1.165, 1.54) is 16.0 Å². The molecule has 6 rings (SSSR count). The van der Waals surface area contributed by atoms with Crippen LogP contribution in [0.2, 0.25) is 0 Å². The Morgan fingerprint density at radius 3 is 2.24 bits per heavy atom. The summed E-state index contributed by atoms with van der Waals surface area (Å²) < 4.78 is 7.33. The van der Waals surface area contributed by atoms with Gasteiger partial charge < -0.3 is 4.42 Å². The number of aromatic nitrogens is 1. The Bertz CT molecular complexity index is 1560. The first-order valence-electron chi connectivity index (χ1n) is 10.8. The summed E-state index contributed by atoms with van der Waals surface area (Å²) in [6, 6.07) is 22.7. The van der Waals surface area contributed by atoms with E-state index >= 15 is 0 Å². The average molecular weight is 472 g/mol. The number of amides is 2. The predicted molar refractivity (Wildman–Crippen MR) is 128 cm³/mol. The van der Waals surface area contributed by atoms with Gasteiger partial charge in [-0.1, -0.05) is 72.0 Å². The van der Waals surface area contributed by atoms with E-state index in [9.17, 15) is 9.59 Å². The highest BCUT2D eigenvalue weighted by atomic mass is 32.1. The normalized spacial score (nSPS) is 23.9. The molecule has 0 spiro atoms. The Hall–Kier alpha value is -4.11. The highest BCUT2D eigenvalue weighted by Crippen LogP contribution is 2.53. The third kappa shape index (κ3) is 2.50. The van der Waals surface area contributed by atoms with Gasteiger partial charge >= 0.3 is 6.03 Å². The van der Waals surface area contributed by atoms with Crippen molar-refractivity contribution in [3.05, 3.63) is 116 Å². The number of thiazole rings is 1. The molecule has 1 fully saturated rings. The second kappa shape index (κ2) is 7.19. The SMILES string of the molecule is CN1C(=O)N(C)[C@@]2(c3ccccc3)Nn3c(s/c(=C/c4ccco4)c3=O)=N[C@]12c1ccccc1. The van der Waals surface area contributed by atoms with Gasteiger partial charge in [0, 0.05) is 31.3 Å². The van der Waals surface area contributed by atoms with Gasteiger partial charge in [-0.15, -0.1) is 0 Å². The van der Waals surface area contributed by atoms with E-state index in [1.54, 1.807) is 48.4 Å². The molecular formula is C25H21N5O3S. The van der Waals surface area contributed by atoms with Crippen molar-refractivity contribution in [1.82, 2.24) is 14.5 Å². The van der Waals surface area contributed by atoms with Crippen molar-refractivity contribution in [3.63, 3.8) is 0 Å². The molecule has 4 aromatic rings. The van der Waals surface area contributed by atoms with Crippen molar-refractivity contribution in [2.45, 2.75) is 11.3 Å². The maximum atomic E-state index is 13.5. The van der Waals surface area contributed by atoms with Crippen LogP contribution in [0.1, 0.15) is 16.9 Å². The van der Waals surface area contributed by atoms with E-state index in [1.807, 2.05) is 60.7 Å². The fourth-order valence-electron chi connectivity index (χ4n) is 5.02. The molecule has 0 saturated carbocycles. The second-order valence-corrected chi connectivity index (χ2v) is 9.30. The Kier molecular flexibility index (Phi) is 4.34. The first kappa shape index (κ1) is 20.5. The summed E-state index contributed by atoms with van der Waals surface area (Å²) in [6.45, 7) is 0. The third-order valence-electron chi connectivity index (χ3n) is 6.59. The average Bonchev–Trinajstić information content (AvgIpc) is 3.54. The van der Waals surface area contributed by atoms with Crippen LogP contribution in [-0.4, -0.2) is 34.6 Å². The zero-order chi connectivity index (χ0) is 23.5. The molecule has 2 aliphatic rings. The fourth-order valence-corrected chi connectivity index (χ4v) is 5.97. The number of urea groups is 1. The molecule has 4 heterocycles. The minimum absolute atomic E-state index is 0.213. The van der Waals surface area contributed by atoms with Gasteiger partial charge in [-0.2, -0.15) is 4.68 Å². The van der Waals surface area contributed by atoms with E-state index in [2.05, 4.69) is 5.43 Å². The molecule has 1 saturated heterocycles. The summed E-state index contributed by atoms with van der Waals surface area (Å²) in [5.74, 6) is 0.580. The monoisotopic (exact) mass is 471 g/mol. The number of hydrogen-bond donors (Lipinski definition) is 1. The van der Waals surface area contributed by atoms with Crippen LogP contribution < -0.4 is 20.3 Å². The highest BCUT2D eigenvalue weighted by molar-refractivity contribution is 7.07. The summed E-state index contributed by atoms with van der Waals surface area (Å²) in [6.07, 6.45) is 3.27. The molecule has 0 bridgehead atoms. The molecule has 1 N–H and O–H groups in total. The summed E-state index contributed by atoms with van der Waals surface area (Å²) in [4.78, 5) is 35.9. The smallest absolute Gasteiger partial charge is 0.324 e.